The summed E-state index contributed by atoms with van der Waals surface area (Å²) in [5, 5.41) is 0.675. The van der Waals surface area contributed by atoms with Crippen LogP contribution in [0, 0.1) is 11.7 Å². The van der Waals surface area contributed by atoms with Gasteiger partial charge in [0.1, 0.15) is 5.82 Å². The lowest BCUT2D eigenvalue weighted by molar-refractivity contribution is 0.0663. The van der Waals surface area contributed by atoms with E-state index in [1.54, 1.807) is 6.07 Å². The van der Waals surface area contributed by atoms with E-state index < -0.39 is 0 Å². The van der Waals surface area contributed by atoms with Crippen molar-refractivity contribution < 1.29 is 9.18 Å². The van der Waals surface area contributed by atoms with Gasteiger partial charge in [-0.2, -0.15) is 0 Å². The van der Waals surface area contributed by atoms with Crippen molar-refractivity contribution in [1.29, 1.82) is 0 Å². The van der Waals surface area contributed by atoms with Crippen molar-refractivity contribution in [3.8, 4) is 11.3 Å². The van der Waals surface area contributed by atoms with Gasteiger partial charge in [-0.15, -0.1) is 0 Å². The van der Waals surface area contributed by atoms with Crippen LogP contribution >= 0.6 is 0 Å². The average Bonchev–Trinajstić information content (AvgIpc) is 2.73. The molecule has 0 spiro atoms. The van der Waals surface area contributed by atoms with Gasteiger partial charge in [-0.25, -0.2) is 9.37 Å². The van der Waals surface area contributed by atoms with Gasteiger partial charge in [0.15, 0.2) is 0 Å². The monoisotopic (exact) mass is 377 g/mol. The molecule has 2 N–H and O–H groups in total. The number of fused-ring (bicyclic) bond motifs is 1. The molecule has 1 fully saturated rings. The van der Waals surface area contributed by atoms with Crippen molar-refractivity contribution in [3.63, 3.8) is 0 Å². The van der Waals surface area contributed by atoms with E-state index in [4.69, 9.17) is 5.73 Å². The number of rotatable bonds is 3. The van der Waals surface area contributed by atoms with Crippen LogP contribution in [0.1, 0.15) is 30.1 Å². The number of pyridine rings is 1. The Hall–Kier alpha value is -2.79. The highest BCUT2D eigenvalue weighted by atomic mass is 19.1. The smallest absolute Gasteiger partial charge is 0.254 e. The maximum absolute atomic E-state index is 13.8. The maximum atomic E-state index is 13.8. The van der Waals surface area contributed by atoms with Crippen LogP contribution < -0.4 is 5.73 Å². The quantitative estimate of drug-likeness (QED) is 0.743. The zero-order chi connectivity index (χ0) is 19.7. The first-order valence-electron chi connectivity index (χ1n) is 9.73. The number of carbonyl (C=O) groups is 1. The van der Waals surface area contributed by atoms with Gasteiger partial charge < -0.3 is 10.6 Å². The normalized spacial score (nSPS) is 18.2. The Kier molecular flexibility index (Phi) is 5.09. The third-order valence-corrected chi connectivity index (χ3v) is 5.56. The molecule has 0 radical (unpaired) electrons. The molecule has 2 unspecified atom stereocenters. The van der Waals surface area contributed by atoms with Gasteiger partial charge in [0, 0.05) is 36.1 Å². The highest BCUT2D eigenvalue weighted by Crippen LogP contribution is 2.28. The number of piperidine rings is 1. The summed E-state index contributed by atoms with van der Waals surface area (Å²) in [4.78, 5) is 19.9. The maximum Gasteiger partial charge on any atom is 0.254 e. The standard InChI is InChI=1S/C23H24FN3O/c1-15(25)17-8-5-11-27(14-17)23(28)20-13-21(16-6-3-2-4-7-16)26-22-12-18(24)9-10-19(20)22/h2-4,6-7,9-10,12-13,15,17H,5,8,11,14,25H2,1H3. The summed E-state index contributed by atoms with van der Waals surface area (Å²) in [6, 6.07) is 15.9. The minimum Gasteiger partial charge on any atom is -0.338 e. The van der Waals surface area contributed by atoms with Crippen molar-refractivity contribution in [2.75, 3.05) is 13.1 Å². The largest absolute Gasteiger partial charge is 0.338 e. The number of likely N-dealkylation sites (tertiary alicyclic amines) is 1. The van der Waals surface area contributed by atoms with Crippen LogP contribution in [0.15, 0.2) is 54.6 Å². The number of amides is 1. The lowest BCUT2D eigenvalue weighted by atomic mass is 9.91. The fourth-order valence-corrected chi connectivity index (χ4v) is 3.93. The number of halogens is 1. The van der Waals surface area contributed by atoms with E-state index in [-0.39, 0.29) is 17.8 Å². The molecular formula is C23H24FN3O. The molecule has 1 aliphatic heterocycles. The molecule has 28 heavy (non-hydrogen) atoms. The third kappa shape index (κ3) is 3.62. The highest BCUT2D eigenvalue weighted by molar-refractivity contribution is 6.07. The van der Waals surface area contributed by atoms with Gasteiger partial charge in [0.2, 0.25) is 0 Å². The van der Waals surface area contributed by atoms with E-state index in [0.717, 1.165) is 18.4 Å². The van der Waals surface area contributed by atoms with E-state index in [1.165, 1.54) is 12.1 Å². The molecule has 1 aliphatic rings. The molecule has 1 saturated heterocycles. The first-order chi connectivity index (χ1) is 13.5. The van der Waals surface area contributed by atoms with E-state index in [1.807, 2.05) is 48.2 Å². The lowest BCUT2D eigenvalue weighted by Gasteiger charge is -2.35. The summed E-state index contributed by atoms with van der Waals surface area (Å²) in [6.07, 6.45) is 1.99. The Morgan fingerprint density at radius 1 is 1.21 bits per heavy atom. The molecule has 0 saturated carbocycles. The zero-order valence-electron chi connectivity index (χ0n) is 15.9. The van der Waals surface area contributed by atoms with E-state index in [2.05, 4.69) is 4.98 Å². The molecule has 0 aliphatic carbocycles. The molecule has 1 aromatic heterocycles. The Morgan fingerprint density at radius 2 is 2.00 bits per heavy atom. The van der Waals surface area contributed by atoms with Crippen molar-refractivity contribution in [2.45, 2.75) is 25.8 Å². The van der Waals surface area contributed by atoms with Gasteiger partial charge in [-0.3, -0.25) is 4.79 Å². The van der Waals surface area contributed by atoms with Crippen LogP contribution in [-0.2, 0) is 0 Å². The first-order valence-corrected chi connectivity index (χ1v) is 9.73. The Labute approximate surface area is 164 Å². The second kappa shape index (κ2) is 7.68. The van der Waals surface area contributed by atoms with E-state index in [0.29, 0.717) is 41.2 Å². The number of benzene rings is 2. The van der Waals surface area contributed by atoms with Crippen LogP contribution in [-0.4, -0.2) is 34.9 Å². The number of nitrogens with zero attached hydrogens (tertiary/aromatic N) is 2. The van der Waals surface area contributed by atoms with Crippen molar-refractivity contribution >= 4 is 16.8 Å². The molecule has 2 atom stereocenters. The molecule has 144 valence electrons. The molecule has 1 amide bonds. The third-order valence-electron chi connectivity index (χ3n) is 5.56. The molecule has 2 heterocycles. The Balaban J connectivity index is 1.79. The molecular weight excluding hydrogens is 353 g/mol. The van der Waals surface area contributed by atoms with E-state index >= 15 is 0 Å². The summed E-state index contributed by atoms with van der Waals surface area (Å²) >= 11 is 0. The predicted octanol–water partition coefficient (Wildman–Crippen LogP) is 4.24. The summed E-state index contributed by atoms with van der Waals surface area (Å²) in [7, 11) is 0. The predicted molar refractivity (Wildman–Crippen MR) is 109 cm³/mol. The average molecular weight is 377 g/mol. The number of hydrogen-bond acceptors (Lipinski definition) is 3. The Bertz CT molecular complexity index is 1000. The van der Waals surface area contributed by atoms with Gasteiger partial charge in [-0.1, -0.05) is 30.3 Å². The second-order valence-corrected chi connectivity index (χ2v) is 7.60. The van der Waals surface area contributed by atoms with Gasteiger partial charge in [0.05, 0.1) is 16.8 Å². The van der Waals surface area contributed by atoms with Crippen LogP contribution in [0.3, 0.4) is 0 Å². The summed E-state index contributed by atoms with van der Waals surface area (Å²) in [5.41, 5.74) is 8.71. The first kappa shape index (κ1) is 18.6. The topological polar surface area (TPSA) is 59.2 Å². The fraction of sp³-hybridized carbons (Fsp3) is 0.304. The van der Waals surface area contributed by atoms with Crippen LogP contribution in [0.25, 0.3) is 22.2 Å². The number of aromatic nitrogens is 1. The SMILES string of the molecule is CC(N)C1CCCN(C(=O)c2cc(-c3ccccc3)nc3cc(F)ccc23)C1. The molecule has 3 aromatic rings. The molecule has 4 rings (SSSR count). The minimum atomic E-state index is -0.362. The van der Waals surface area contributed by atoms with Crippen LogP contribution in [0.4, 0.5) is 4.39 Å². The molecule has 5 heteroatoms. The van der Waals surface area contributed by atoms with Crippen LogP contribution in [0.2, 0.25) is 0 Å². The zero-order valence-corrected chi connectivity index (χ0v) is 15.9. The van der Waals surface area contributed by atoms with Gasteiger partial charge in [0.25, 0.3) is 5.91 Å². The summed E-state index contributed by atoms with van der Waals surface area (Å²) in [6.45, 7) is 3.37. The van der Waals surface area contributed by atoms with Crippen molar-refractivity contribution in [2.24, 2.45) is 11.7 Å². The number of hydrogen-bond donors (Lipinski definition) is 1. The second-order valence-electron chi connectivity index (χ2n) is 7.60. The fourth-order valence-electron chi connectivity index (χ4n) is 3.93. The van der Waals surface area contributed by atoms with Crippen molar-refractivity contribution in [1.82, 2.24) is 9.88 Å². The highest BCUT2D eigenvalue weighted by Gasteiger charge is 2.28. The molecule has 0 bridgehead atoms. The lowest BCUT2D eigenvalue weighted by Crippen LogP contribution is -2.45. The molecule has 2 aromatic carbocycles. The summed E-state index contributed by atoms with van der Waals surface area (Å²) in [5.74, 6) is -0.100. The van der Waals surface area contributed by atoms with Gasteiger partial charge in [-0.05, 0) is 43.9 Å². The Morgan fingerprint density at radius 3 is 2.75 bits per heavy atom. The summed E-state index contributed by atoms with van der Waals surface area (Å²) < 4.78 is 13.8. The molecule has 4 nitrogen and oxygen atoms in total. The van der Waals surface area contributed by atoms with Crippen LogP contribution in [0.5, 0.6) is 0 Å². The van der Waals surface area contributed by atoms with Gasteiger partial charge >= 0.3 is 0 Å². The number of nitrogens with two attached hydrogens (primary N) is 1. The number of carbonyl (C=O) groups excluding carboxylic acids is 1. The van der Waals surface area contributed by atoms with Crippen molar-refractivity contribution in [3.05, 3.63) is 66.0 Å². The minimum absolute atomic E-state index is 0.0402. The van der Waals surface area contributed by atoms with E-state index in [9.17, 15) is 9.18 Å².